The summed E-state index contributed by atoms with van der Waals surface area (Å²) in [6.45, 7) is -0.0316. The lowest BCUT2D eigenvalue weighted by atomic mass is 10.1. The molecule has 3 aromatic rings. The van der Waals surface area contributed by atoms with Crippen molar-refractivity contribution in [3.05, 3.63) is 70.9 Å². The van der Waals surface area contributed by atoms with Crippen LogP contribution >= 0.6 is 11.6 Å². The van der Waals surface area contributed by atoms with Crippen LogP contribution in [0.1, 0.15) is 16.1 Å². The molecule has 2 aromatic carbocycles. The summed E-state index contributed by atoms with van der Waals surface area (Å²) in [5.41, 5.74) is 1.63. The van der Waals surface area contributed by atoms with E-state index in [9.17, 15) is 9.59 Å². The van der Waals surface area contributed by atoms with Gasteiger partial charge in [-0.25, -0.2) is 4.79 Å². The lowest BCUT2D eigenvalue weighted by molar-refractivity contribution is -0.124. The highest BCUT2D eigenvalue weighted by Gasteiger charge is 2.16. The number of benzene rings is 2. The first-order valence-electron chi connectivity index (χ1n) is 9.51. The number of furan rings is 1. The second-order valence-electron chi connectivity index (χ2n) is 6.51. The maximum atomic E-state index is 12.2. The van der Waals surface area contributed by atoms with E-state index in [4.69, 9.17) is 30.2 Å². The summed E-state index contributed by atoms with van der Waals surface area (Å²) in [5.74, 6) is 0.553. The topological polar surface area (TPSA) is 87.0 Å². The van der Waals surface area contributed by atoms with Crippen LogP contribution in [0.15, 0.2) is 59.0 Å². The number of nitrogens with one attached hydrogen (secondary N) is 1. The second kappa shape index (κ2) is 10.5. The van der Waals surface area contributed by atoms with Gasteiger partial charge in [-0.15, -0.1) is 0 Å². The summed E-state index contributed by atoms with van der Waals surface area (Å²) >= 11 is 6.13. The molecule has 1 heterocycles. The minimum atomic E-state index is -0.728. The number of carbonyl (C=O) groups is 2. The lowest BCUT2D eigenvalue weighted by Gasteiger charge is -2.10. The van der Waals surface area contributed by atoms with Gasteiger partial charge in [-0.3, -0.25) is 4.79 Å². The van der Waals surface area contributed by atoms with Crippen LogP contribution in [0.2, 0.25) is 5.02 Å². The average Bonchev–Trinajstić information content (AvgIpc) is 3.27. The maximum absolute atomic E-state index is 12.2. The molecule has 1 aromatic heterocycles. The Morgan fingerprint density at radius 1 is 1.00 bits per heavy atom. The lowest BCUT2D eigenvalue weighted by Crippen LogP contribution is -2.30. The molecule has 0 atom stereocenters. The van der Waals surface area contributed by atoms with Gasteiger partial charge in [0.05, 0.1) is 19.2 Å². The number of rotatable bonds is 9. The van der Waals surface area contributed by atoms with Crippen molar-refractivity contribution in [2.24, 2.45) is 0 Å². The Hall–Kier alpha value is -3.45. The molecule has 0 aliphatic carbocycles. The van der Waals surface area contributed by atoms with Crippen LogP contribution < -0.4 is 14.8 Å². The zero-order valence-corrected chi connectivity index (χ0v) is 17.9. The standard InChI is InChI=1S/C23H22ClNO6/c1-28-19-8-7-15(13-21(19)29-2)11-12-25-22(26)14-30-23(27)20-10-9-18(31-20)16-5-3-4-6-17(16)24/h3-10,13H,11-12,14H2,1-2H3,(H,25,26). The third-order valence-electron chi connectivity index (χ3n) is 4.46. The molecule has 0 spiro atoms. The molecule has 0 saturated heterocycles. The van der Waals surface area contributed by atoms with Crippen molar-refractivity contribution in [1.82, 2.24) is 5.32 Å². The van der Waals surface area contributed by atoms with E-state index in [0.717, 1.165) is 5.56 Å². The minimum Gasteiger partial charge on any atom is -0.493 e. The van der Waals surface area contributed by atoms with Gasteiger partial charge >= 0.3 is 5.97 Å². The van der Waals surface area contributed by atoms with Gasteiger partial charge in [-0.2, -0.15) is 0 Å². The molecule has 3 rings (SSSR count). The molecule has 0 unspecified atom stereocenters. The van der Waals surface area contributed by atoms with E-state index in [1.807, 2.05) is 18.2 Å². The molecule has 1 N–H and O–H groups in total. The van der Waals surface area contributed by atoms with Gasteiger partial charge in [-0.05, 0) is 48.4 Å². The number of amides is 1. The quantitative estimate of drug-likeness (QED) is 0.500. The number of hydrogen-bond acceptors (Lipinski definition) is 6. The summed E-state index contributed by atoms with van der Waals surface area (Å²) in [7, 11) is 3.13. The largest absolute Gasteiger partial charge is 0.493 e. The van der Waals surface area contributed by atoms with Crippen LogP contribution in [-0.4, -0.2) is 39.2 Å². The molecule has 162 valence electrons. The summed E-state index contributed by atoms with van der Waals surface area (Å²) in [4.78, 5) is 24.1. The second-order valence-corrected chi connectivity index (χ2v) is 6.92. The Bertz CT molecular complexity index is 1060. The van der Waals surface area contributed by atoms with Crippen LogP contribution in [-0.2, 0) is 16.0 Å². The molecular weight excluding hydrogens is 422 g/mol. The molecule has 0 radical (unpaired) electrons. The summed E-state index contributed by atoms with van der Waals surface area (Å²) in [5, 5.41) is 3.21. The molecular formula is C23H22ClNO6. The van der Waals surface area contributed by atoms with E-state index in [-0.39, 0.29) is 5.76 Å². The predicted molar refractivity (Wildman–Crippen MR) is 116 cm³/mol. The van der Waals surface area contributed by atoms with Crippen LogP contribution in [0.5, 0.6) is 11.5 Å². The third-order valence-corrected chi connectivity index (χ3v) is 4.79. The number of carbonyl (C=O) groups excluding carboxylic acids is 2. The summed E-state index contributed by atoms with van der Waals surface area (Å²) in [6, 6.07) is 15.8. The SMILES string of the molecule is COc1ccc(CCNC(=O)COC(=O)c2ccc(-c3ccccc3Cl)o2)cc1OC. The van der Waals surface area contributed by atoms with Gasteiger partial charge in [0.15, 0.2) is 18.1 Å². The van der Waals surface area contributed by atoms with Crippen LogP contribution in [0.4, 0.5) is 0 Å². The molecule has 0 saturated carbocycles. The Kier molecular flexibility index (Phi) is 7.56. The monoisotopic (exact) mass is 443 g/mol. The van der Waals surface area contributed by atoms with Gasteiger partial charge < -0.3 is 23.9 Å². The molecule has 8 heteroatoms. The van der Waals surface area contributed by atoms with E-state index in [0.29, 0.717) is 40.8 Å². The number of hydrogen-bond donors (Lipinski definition) is 1. The molecule has 1 amide bonds. The van der Waals surface area contributed by atoms with Crippen LogP contribution in [0, 0.1) is 0 Å². The average molecular weight is 444 g/mol. The number of esters is 1. The van der Waals surface area contributed by atoms with Gasteiger partial charge in [0, 0.05) is 12.1 Å². The van der Waals surface area contributed by atoms with Crippen molar-refractivity contribution in [3.8, 4) is 22.8 Å². The van der Waals surface area contributed by atoms with E-state index in [1.54, 1.807) is 44.6 Å². The summed E-state index contributed by atoms with van der Waals surface area (Å²) < 4.78 is 21.0. The number of halogens is 1. The van der Waals surface area contributed by atoms with E-state index in [2.05, 4.69) is 5.32 Å². The molecule has 7 nitrogen and oxygen atoms in total. The fourth-order valence-electron chi connectivity index (χ4n) is 2.89. The van der Waals surface area contributed by atoms with E-state index >= 15 is 0 Å². The van der Waals surface area contributed by atoms with Crippen LogP contribution in [0.3, 0.4) is 0 Å². The van der Waals surface area contributed by atoms with Gasteiger partial charge in [0.25, 0.3) is 5.91 Å². The van der Waals surface area contributed by atoms with Gasteiger partial charge in [0.1, 0.15) is 5.76 Å². The highest BCUT2D eigenvalue weighted by molar-refractivity contribution is 6.33. The summed E-state index contributed by atoms with van der Waals surface area (Å²) in [6.07, 6.45) is 0.583. The molecule has 0 bridgehead atoms. The Morgan fingerprint density at radius 2 is 1.77 bits per heavy atom. The zero-order chi connectivity index (χ0) is 22.2. The Balaban J connectivity index is 1.46. The van der Waals surface area contributed by atoms with Crippen molar-refractivity contribution < 1.29 is 28.2 Å². The Morgan fingerprint density at radius 3 is 2.52 bits per heavy atom. The molecule has 0 fully saturated rings. The van der Waals surface area contributed by atoms with E-state index in [1.165, 1.54) is 6.07 Å². The van der Waals surface area contributed by atoms with Gasteiger partial charge in [0.2, 0.25) is 5.76 Å². The molecule has 0 aliphatic heterocycles. The first kappa shape index (κ1) is 22.2. The van der Waals surface area contributed by atoms with Gasteiger partial charge in [-0.1, -0.05) is 29.8 Å². The Labute approximate surface area is 184 Å². The fraction of sp³-hybridized carbons (Fsp3) is 0.217. The fourth-order valence-corrected chi connectivity index (χ4v) is 3.12. The highest BCUT2D eigenvalue weighted by Crippen LogP contribution is 2.29. The third kappa shape index (κ3) is 5.79. The van der Waals surface area contributed by atoms with Crippen molar-refractivity contribution >= 4 is 23.5 Å². The molecule has 31 heavy (non-hydrogen) atoms. The van der Waals surface area contributed by atoms with Crippen LogP contribution in [0.25, 0.3) is 11.3 Å². The smallest absolute Gasteiger partial charge is 0.374 e. The molecule has 0 aliphatic rings. The van der Waals surface area contributed by atoms with Crippen molar-refractivity contribution in [2.75, 3.05) is 27.4 Å². The first-order chi connectivity index (χ1) is 15.0. The van der Waals surface area contributed by atoms with Crippen molar-refractivity contribution in [2.45, 2.75) is 6.42 Å². The first-order valence-corrected chi connectivity index (χ1v) is 9.89. The number of ether oxygens (including phenoxy) is 3. The maximum Gasteiger partial charge on any atom is 0.374 e. The number of methoxy groups -OCH3 is 2. The van der Waals surface area contributed by atoms with E-state index < -0.39 is 18.5 Å². The minimum absolute atomic E-state index is 0.00644. The highest BCUT2D eigenvalue weighted by atomic mass is 35.5. The predicted octanol–water partition coefficient (Wildman–Crippen LogP) is 4.13. The normalized spacial score (nSPS) is 10.4. The van der Waals surface area contributed by atoms with Crippen molar-refractivity contribution in [3.63, 3.8) is 0 Å². The van der Waals surface area contributed by atoms with Crippen molar-refractivity contribution in [1.29, 1.82) is 0 Å². The zero-order valence-electron chi connectivity index (χ0n) is 17.1.